The number of hydrogen-bond acceptors (Lipinski definition) is 6. The largest absolute Gasteiger partial charge is 0.454 e. The average molecular weight is 382 g/mol. The van der Waals surface area contributed by atoms with E-state index in [1.807, 2.05) is 36.4 Å². The van der Waals surface area contributed by atoms with E-state index in [-0.39, 0.29) is 12.1 Å². The van der Waals surface area contributed by atoms with Gasteiger partial charge in [-0.05, 0) is 29.3 Å². The Labute approximate surface area is 158 Å². The third-order valence-corrected chi connectivity index (χ3v) is 5.17. The number of hydrogen-bond donors (Lipinski definition) is 1. The number of nitrogens with zero attached hydrogens (tertiary/aromatic N) is 2. The Kier molecular flexibility index (Phi) is 3.65. The van der Waals surface area contributed by atoms with E-state index in [9.17, 15) is 0 Å². The van der Waals surface area contributed by atoms with Gasteiger partial charge in [-0.3, -0.25) is 0 Å². The second-order valence-electron chi connectivity index (χ2n) is 5.73. The maximum Gasteiger partial charge on any atom is 0.231 e. The van der Waals surface area contributed by atoms with Crippen molar-refractivity contribution >= 4 is 44.7 Å². The number of benzene rings is 2. The summed E-state index contributed by atoms with van der Waals surface area (Å²) in [5, 5.41) is 6.59. The van der Waals surface area contributed by atoms with Gasteiger partial charge in [0.25, 0.3) is 0 Å². The molecule has 5 rings (SSSR count). The van der Waals surface area contributed by atoms with Gasteiger partial charge in [0.05, 0.1) is 5.39 Å². The lowest BCUT2D eigenvalue weighted by Crippen LogP contribution is -1.97. The highest BCUT2D eigenvalue weighted by Gasteiger charge is 2.17. The Morgan fingerprint density at radius 2 is 1.85 bits per heavy atom. The normalized spacial score (nSPS) is 12.5. The summed E-state index contributed by atoms with van der Waals surface area (Å²) in [7, 11) is 0. The summed E-state index contributed by atoms with van der Waals surface area (Å²) < 4.78 is 10.8. The van der Waals surface area contributed by atoms with Gasteiger partial charge in [-0.2, -0.15) is 4.98 Å². The lowest BCUT2D eigenvalue weighted by Gasteiger charge is -2.10. The van der Waals surface area contributed by atoms with Crippen molar-refractivity contribution < 1.29 is 9.47 Å². The molecule has 0 saturated carbocycles. The summed E-state index contributed by atoms with van der Waals surface area (Å²) >= 11 is 7.69. The van der Waals surface area contributed by atoms with Crippen LogP contribution in [-0.2, 0) is 0 Å². The molecule has 1 aliphatic heterocycles. The van der Waals surface area contributed by atoms with Crippen molar-refractivity contribution in [1.29, 1.82) is 0 Å². The molecule has 0 atom stereocenters. The summed E-state index contributed by atoms with van der Waals surface area (Å²) in [5.74, 6) is 2.11. The number of aromatic nitrogens is 2. The van der Waals surface area contributed by atoms with Crippen molar-refractivity contribution in [2.24, 2.45) is 0 Å². The first-order valence-corrected chi connectivity index (χ1v) is 9.20. The minimum Gasteiger partial charge on any atom is -0.454 e. The molecule has 4 aromatic rings. The van der Waals surface area contributed by atoms with E-state index >= 15 is 0 Å². The Balaban J connectivity index is 1.63. The summed E-state index contributed by atoms with van der Waals surface area (Å²) in [5.41, 5.74) is 3.03. The van der Waals surface area contributed by atoms with Gasteiger partial charge in [0.15, 0.2) is 11.5 Å². The molecule has 0 unspecified atom stereocenters. The molecule has 2 aromatic carbocycles. The van der Waals surface area contributed by atoms with Crippen LogP contribution in [0, 0.1) is 0 Å². The highest BCUT2D eigenvalue weighted by molar-refractivity contribution is 7.17. The molecule has 0 saturated heterocycles. The minimum absolute atomic E-state index is 0.210. The fourth-order valence-corrected chi connectivity index (χ4v) is 4.11. The maximum atomic E-state index is 6.14. The van der Waals surface area contributed by atoms with E-state index in [0.717, 1.165) is 32.8 Å². The molecule has 5 nitrogen and oxygen atoms in total. The quantitative estimate of drug-likeness (QED) is 0.476. The molecule has 1 N–H and O–H groups in total. The van der Waals surface area contributed by atoms with Gasteiger partial charge in [0.1, 0.15) is 10.6 Å². The average Bonchev–Trinajstić information content (AvgIpc) is 3.28. The molecule has 3 heterocycles. The van der Waals surface area contributed by atoms with E-state index in [0.29, 0.717) is 11.6 Å². The number of ether oxygens (including phenoxy) is 2. The first kappa shape index (κ1) is 15.4. The molecule has 26 heavy (non-hydrogen) atoms. The SMILES string of the molecule is Clc1nc(Nc2ccc3c(c2)OCO3)c2c(-c3ccccc3)csc2n1. The number of nitrogens with one attached hydrogen (secondary N) is 1. The molecule has 0 bridgehead atoms. The second kappa shape index (κ2) is 6.16. The Morgan fingerprint density at radius 1 is 1.00 bits per heavy atom. The number of rotatable bonds is 3. The van der Waals surface area contributed by atoms with Crippen LogP contribution in [0.2, 0.25) is 5.28 Å². The molecule has 0 fully saturated rings. The van der Waals surface area contributed by atoms with Crippen molar-refractivity contribution in [3.8, 4) is 22.6 Å². The summed E-state index contributed by atoms with van der Waals surface area (Å²) in [6, 6.07) is 15.8. The zero-order valence-electron chi connectivity index (χ0n) is 13.4. The molecule has 0 aliphatic carbocycles. The van der Waals surface area contributed by atoms with Crippen LogP contribution < -0.4 is 14.8 Å². The number of fused-ring (bicyclic) bond motifs is 2. The van der Waals surface area contributed by atoms with Crippen LogP contribution >= 0.6 is 22.9 Å². The summed E-state index contributed by atoms with van der Waals surface area (Å²) in [6.45, 7) is 0.241. The highest BCUT2D eigenvalue weighted by Crippen LogP contribution is 2.40. The Bertz CT molecular complexity index is 1110. The van der Waals surface area contributed by atoms with Gasteiger partial charge < -0.3 is 14.8 Å². The first-order chi connectivity index (χ1) is 12.8. The highest BCUT2D eigenvalue weighted by atomic mass is 35.5. The number of thiophene rings is 1. The van der Waals surface area contributed by atoms with Gasteiger partial charge in [-0.15, -0.1) is 11.3 Å². The molecule has 1 aliphatic rings. The van der Waals surface area contributed by atoms with Crippen LogP contribution in [0.5, 0.6) is 11.5 Å². The van der Waals surface area contributed by atoms with Crippen molar-refractivity contribution in [1.82, 2.24) is 9.97 Å². The fraction of sp³-hybridized carbons (Fsp3) is 0.0526. The van der Waals surface area contributed by atoms with Gasteiger partial charge in [-0.25, -0.2) is 4.98 Å². The van der Waals surface area contributed by atoms with Crippen LogP contribution in [0.15, 0.2) is 53.9 Å². The Hall–Kier alpha value is -2.83. The summed E-state index contributed by atoms with van der Waals surface area (Å²) in [4.78, 5) is 9.64. The van der Waals surface area contributed by atoms with Gasteiger partial charge in [-0.1, -0.05) is 30.3 Å². The van der Waals surface area contributed by atoms with Crippen LogP contribution in [0.4, 0.5) is 11.5 Å². The smallest absolute Gasteiger partial charge is 0.231 e. The molecule has 0 spiro atoms. The molecular formula is C19H12ClN3O2S. The monoisotopic (exact) mass is 381 g/mol. The summed E-state index contributed by atoms with van der Waals surface area (Å²) in [6.07, 6.45) is 0. The van der Waals surface area contributed by atoms with Crippen molar-refractivity contribution in [2.45, 2.75) is 0 Å². The molecule has 7 heteroatoms. The molecule has 0 amide bonds. The van der Waals surface area contributed by atoms with Crippen LogP contribution in [0.1, 0.15) is 0 Å². The van der Waals surface area contributed by atoms with Gasteiger partial charge in [0, 0.05) is 22.7 Å². The maximum absolute atomic E-state index is 6.14. The third kappa shape index (κ3) is 2.64. The van der Waals surface area contributed by atoms with Crippen LogP contribution in [0.3, 0.4) is 0 Å². The lowest BCUT2D eigenvalue weighted by molar-refractivity contribution is 0.174. The molecule has 2 aromatic heterocycles. The predicted octanol–water partition coefficient (Wildman–Crippen LogP) is 5.48. The third-order valence-electron chi connectivity index (χ3n) is 4.13. The van der Waals surface area contributed by atoms with Crippen LogP contribution in [0.25, 0.3) is 21.3 Å². The lowest BCUT2D eigenvalue weighted by atomic mass is 10.1. The predicted molar refractivity (Wildman–Crippen MR) is 104 cm³/mol. The topological polar surface area (TPSA) is 56.3 Å². The van der Waals surface area contributed by atoms with Gasteiger partial charge in [0.2, 0.25) is 12.1 Å². The van der Waals surface area contributed by atoms with Crippen LogP contribution in [-0.4, -0.2) is 16.8 Å². The zero-order valence-corrected chi connectivity index (χ0v) is 15.0. The molecule has 128 valence electrons. The van der Waals surface area contributed by atoms with Crippen molar-refractivity contribution in [2.75, 3.05) is 12.1 Å². The minimum atomic E-state index is 0.210. The van der Waals surface area contributed by atoms with E-state index in [2.05, 4.69) is 32.8 Å². The fourth-order valence-electron chi connectivity index (χ4n) is 2.95. The zero-order chi connectivity index (χ0) is 17.5. The Morgan fingerprint density at radius 3 is 2.73 bits per heavy atom. The standard InChI is InChI=1S/C19H12ClN3O2S/c20-19-22-17(21-12-6-7-14-15(8-12)25-10-24-14)16-13(9-26-18(16)23-19)11-4-2-1-3-5-11/h1-9H,10H2,(H,21,22,23). The van der Waals surface area contributed by atoms with E-state index in [1.54, 1.807) is 11.3 Å². The molecular weight excluding hydrogens is 370 g/mol. The van der Waals surface area contributed by atoms with E-state index in [1.165, 1.54) is 0 Å². The molecule has 0 radical (unpaired) electrons. The number of anilines is 2. The van der Waals surface area contributed by atoms with E-state index in [4.69, 9.17) is 21.1 Å². The first-order valence-electron chi connectivity index (χ1n) is 7.95. The van der Waals surface area contributed by atoms with Crippen molar-refractivity contribution in [3.63, 3.8) is 0 Å². The number of halogens is 1. The van der Waals surface area contributed by atoms with Gasteiger partial charge >= 0.3 is 0 Å². The second-order valence-corrected chi connectivity index (χ2v) is 6.93. The van der Waals surface area contributed by atoms with Crippen molar-refractivity contribution in [3.05, 3.63) is 59.2 Å². The van der Waals surface area contributed by atoms with E-state index < -0.39 is 0 Å².